The number of hydrogen-bond donors (Lipinski definition) is 2. The van der Waals surface area contributed by atoms with Gasteiger partial charge in [0.05, 0.1) is 13.2 Å². The quantitative estimate of drug-likeness (QED) is 0.774. The lowest BCUT2D eigenvalue weighted by Crippen LogP contribution is -2.01. The fourth-order valence-electron chi connectivity index (χ4n) is 1.70. The van der Waals surface area contributed by atoms with Crippen molar-refractivity contribution in [2.45, 2.75) is 32.3 Å². The number of benzene rings is 1. The molecule has 1 N–H and O–H groups in total. The van der Waals surface area contributed by atoms with Gasteiger partial charge in [0.1, 0.15) is 5.75 Å². The molecule has 0 aliphatic carbocycles. The van der Waals surface area contributed by atoms with Gasteiger partial charge in [-0.2, -0.15) is 12.6 Å². The number of hydrogen-bond acceptors (Lipinski definition) is 3. The zero-order chi connectivity index (χ0) is 12.1. The summed E-state index contributed by atoms with van der Waals surface area (Å²) in [7, 11) is 1.67. The molecular weight excluding hydrogens is 220 g/mol. The van der Waals surface area contributed by atoms with Crippen molar-refractivity contribution in [3.05, 3.63) is 29.3 Å². The van der Waals surface area contributed by atoms with Gasteiger partial charge in [-0.25, -0.2) is 0 Å². The molecule has 0 saturated carbocycles. The summed E-state index contributed by atoms with van der Waals surface area (Å²) in [6.45, 7) is 4.24. The van der Waals surface area contributed by atoms with E-state index in [1.54, 1.807) is 7.11 Å². The van der Waals surface area contributed by atoms with E-state index in [-0.39, 0.29) is 0 Å². The van der Waals surface area contributed by atoms with Gasteiger partial charge in [0, 0.05) is 0 Å². The Kier molecular flexibility index (Phi) is 5.16. The fourth-order valence-corrected chi connectivity index (χ4v) is 1.94. The van der Waals surface area contributed by atoms with Crippen LogP contribution in [0.5, 0.6) is 5.75 Å². The molecule has 1 aromatic carbocycles. The van der Waals surface area contributed by atoms with E-state index in [1.807, 2.05) is 18.2 Å². The second kappa shape index (κ2) is 6.16. The summed E-state index contributed by atoms with van der Waals surface area (Å²) >= 11 is 4.13. The van der Waals surface area contributed by atoms with Crippen LogP contribution in [0.2, 0.25) is 0 Å². The van der Waals surface area contributed by atoms with E-state index in [9.17, 15) is 5.11 Å². The van der Waals surface area contributed by atoms with Crippen LogP contribution >= 0.6 is 12.6 Å². The Morgan fingerprint density at radius 2 is 2.06 bits per heavy atom. The van der Waals surface area contributed by atoms with E-state index >= 15 is 0 Å². The SMILES string of the molecule is COc1ccc(C(O)CCS)cc1C(C)C. The molecule has 1 atom stereocenters. The van der Waals surface area contributed by atoms with Crippen molar-refractivity contribution in [1.29, 1.82) is 0 Å². The Hall–Kier alpha value is -0.670. The van der Waals surface area contributed by atoms with Gasteiger partial charge in [0.2, 0.25) is 0 Å². The molecule has 0 saturated heterocycles. The van der Waals surface area contributed by atoms with Crippen LogP contribution in [0.15, 0.2) is 18.2 Å². The molecule has 0 fully saturated rings. The van der Waals surface area contributed by atoms with Crippen molar-refractivity contribution in [1.82, 2.24) is 0 Å². The highest BCUT2D eigenvalue weighted by molar-refractivity contribution is 7.80. The van der Waals surface area contributed by atoms with Crippen LogP contribution in [-0.2, 0) is 0 Å². The third-order valence-electron chi connectivity index (χ3n) is 2.66. The Bertz CT molecular complexity index is 337. The minimum atomic E-state index is -0.430. The number of thiol groups is 1. The van der Waals surface area contributed by atoms with Crippen LogP contribution in [-0.4, -0.2) is 18.0 Å². The van der Waals surface area contributed by atoms with Gasteiger partial charge in [0.25, 0.3) is 0 Å². The molecule has 0 bridgehead atoms. The van der Waals surface area contributed by atoms with Crippen molar-refractivity contribution in [3.8, 4) is 5.75 Å². The normalized spacial score (nSPS) is 12.9. The third-order valence-corrected chi connectivity index (χ3v) is 2.92. The predicted octanol–water partition coefficient (Wildman–Crippen LogP) is 3.17. The maximum atomic E-state index is 9.90. The topological polar surface area (TPSA) is 29.5 Å². The Morgan fingerprint density at radius 3 is 2.56 bits per heavy atom. The lowest BCUT2D eigenvalue weighted by molar-refractivity contribution is 0.175. The molecule has 90 valence electrons. The van der Waals surface area contributed by atoms with Gasteiger partial charge < -0.3 is 9.84 Å². The largest absolute Gasteiger partial charge is 0.496 e. The molecule has 3 heteroatoms. The maximum Gasteiger partial charge on any atom is 0.122 e. The maximum absolute atomic E-state index is 9.90. The molecule has 0 radical (unpaired) electrons. The van der Waals surface area contributed by atoms with Gasteiger partial charge in [-0.05, 0) is 41.4 Å². The van der Waals surface area contributed by atoms with E-state index in [0.717, 1.165) is 16.9 Å². The van der Waals surface area contributed by atoms with Crippen LogP contribution in [0.25, 0.3) is 0 Å². The molecule has 0 aromatic heterocycles. The smallest absolute Gasteiger partial charge is 0.122 e. The number of ether oxygens (including phenoxy) is 1. The molecule has 0 amide bonds. The van der Waals surface area contributed by atoms with E-state index in [1.165, 1.54) is 0 Å². The van der Waals surface area contributed by atoms with Gasteiger partial charge in [-0.3, -0.25) is 0 Å². The average molecular weight is 240 g/mol. The highest BCUT2D eigenvalue weighted by Gasteiger charge is 2.12. The molecule has 2 nitrogen and oxygen atoms in total. The number of aliphatic hydroxyl groups is 1. The second-order valence-corrected chi connectivity index (χ2v) is 4.63. The van der Waals surface area contributed by atoms with E-state index in [0.29, 0.717) is 18.1 Å². The summed E-state index contributed by atoms with van der Waals surface area (Å²) in [5.41, 5.74) is 2.08. The first-order chi connectivity index (χ1) is 7.60. The first kappa shape index (κ1) is 13.4. The van der Waals surface area contributed by atoms with E-state index < -0.39 is 6.10 Å². The molecule has 0 spiro atoms. The average Bonchev–Trinajstić information content (AvgIpc) is 2.28. The lowest BCUT2D eigenvalue weighted by Gasteiger charge is -2.16. The van der Waals surface area contributed by atoms with Gasteiger partial charge in [-0.1, -0.05) is 19.9 Å². The molecule has 0 heterocycles. The summed E-state index contributed by atoms with van der Waals surface area (Å²) in [5, 5.41) is 9.90. The second-order valence-electron chi connectivity index (χ2n) is 4.18. The summed E-state index contributed by atoms with van der Waals surface area (Å²) < 4.78 is 5.30. The molecule has 1 rings (SSSR count). The molecule has 1 aromatic rings. The molecule has 16 heavy (non-hydrogen) atoms. The predicted molar refractivity (Wildman–Crippen MR) is 70.5 cm³/mol. The third kappa shape index (κ3) is 3.16. The van der Waals surface area contributed by atoms with Crippen molar-refractivity contribution < 1.29 is 9.84 Å². The molecule has 1 unspecified atom stereocenters. The van der Waals surface area contributed by atoms with Crippen molar-refractivity contribution >= 4 is 12.6 Å². The first-order valence-electron chi connectivity index (χ1n) is 5.57. The summed E-state index contributed by atoms with van der Waals surface area (Å²) in [6.07, 6.45) is 0.244. The van der Waals surface area contributed by atoms with Crippen LogP contribution in [0, 0.1) is 0 Å². The zero-order valence-corrected chi connectivity index (χ0v) is 11.0. The first-order valence-corrected chi connectivity index (χ1v) is 6.20. The van der Waals surface area contributed by atoms with Crippen molar-refractivity contribution in [3.63, 3.8) is 0 Å². The molecular formula is C13H20O2S. The molecule has 0 aliphatic rings. The van der Waals surface area contributed by atoms with E-state index in [4.69, 9.17) is 4.74 Å². The Morgan fingerprint density at radius 1 is 1.38 bits per heavy atom. The van der Waals surface area contributed by atoms with Crippen LogP contribution in [0.1, 0.15) is 43.4 Å². The highest BCUT2D eigenvalue weighted by atomic mass is 32.1. The van der Waals surface area contributed by atoms with Crippen LogP contribution < -0.4 is 4.74 Å². The standard InChI is InChI=1S/C13H20O2S/c1-9(2)11-8-10(12(14)6-7-16)4-5-13(11)15-3/h4-5,8-9,12,14,16H,6-7H2,1-3H3. The summed E-state index contributed by atoms with van der Waals surface area (Å²) in [4.78, 5) is 0. The Labute approximate surface area is 103 Å². The zero-order valence-electron chi connectivity index (χ0n) is 10.1. The van der Waals surface area contributed by atoms with Gasteiger partial charge in [-0.15, -0.1) is 0 Å². The fraction of sp³-hybridized carbons (Fsp3) is 0.538. The summed E-state index contributed by atoms with van der Waals surface area (Å²) in [6, 6.07) is 5.86. The monoisotopic (exact) mass is 240 g/mol. The number of aliphatic hydroxyl groups excluding tert-OH is 1. The highest BCUT2D eigenvalue weighted by Crippen LogP contribution is 2.30. The van der Waals surface area contributed by atoms with Crippen LogP contribution in [0.4, 0.5) is 0 Å². The van der Waals surface area contributed by atoms with Gasteiger partial charge in [0.15, 0.2) is 0 Å². The lowest BCUT2D eigenvalue weighted by atomic mass is 9.97. The minimum Gasteiger partial charge on any atom is -0.496 e. The van der Waals surface area contributed by atoms with Crippen LogP contribution in [0.3, 0.4) is 0 Å². The van der Waals surface area contributed by atoms with E-state index in [2.05, 4.69) is 26.5 Å². The van der Waals surface area contributed by atoms with Crippen molar-refractivity contribution in [2.75, 3.05) is 12.9 Å². The summed E-state index contributed by atoms with van der Waals surface area (Å²) in [5.74, 6) is 1.96. The Balaban J connectivity index is 3.01. The number of rotatable bonds is 5. The van der Waals surface area contributed by atoms with Gasteiger partial charge >= 0.3 is 0 Å². The number of methoxy groups -OCH3 is 1. The molecule has 0 aliphatic heterocycles. The van der Waals surface area contributed by atoms with Crippen molar-refractivity contribution in [2.24, 2.45) is 0 Å². The minimum absolute atomic E-state index is 0.387.